The summed E-state index contributed by atoms with van der Waals surface area (Å²) < 4.78 is 0.596. The van der Waals surface area contributed by atoms with E-state index in [0.717, 1.165) is 12.8 Å². The topological polar surface area (TPSA) is 45.2 Å². The standard InChI is InChI=1S/C16H24BrN3O/c1-12-6-4-8-16(10-12,20(2)3)11-19-15(21)13-7-5-9-18-14(13)17/h5,7,9,12H,4,6,8,10-11H2,1-3H3,(H,19,21). The molecule has 0 aliphatic heterocycles. The average molecular weight is 354 g/mol. The van der Waals surface area contributed by atoms with Crippen LogP contribution in [-0.2, 0) is 0 Å². The molecule has 21 heavy (non-hydrogen) atoms. The van der Waals surface area contributed by atoms with Crippen molar-refractivity contribution in [2.24, 2.45) is 5.92 Å². The third kappa shape index (κ3) is 3.83. The molecule has 116 valence electrons. The highest BCUT2D eigenvalue weighted by molar-refractivity contribution is 9.10. The van der Waals surface area contributed by atoms with E-state index < -0.39 is 0 Å². The number of aromatic nitrogens is 1. The van der Waals surface area contributed by atoms with Crippen LogP contribution in [0, 0.1) is 5.92 Å². The first-order valence-corrected chi connectivity index (χ1v) is 8.30. The molecular formula is C16H24BrN3O. The van der Waals surface area contributed by atoms with E-state index in [9.17, 15) is 4.79 Å². The van der Waals surface area contributed by atoms with Crippen LogP contribution in [0.2, 0.25) is 0 Å². The molecule has 2 atom stereocenters. The van der Waals surface area contributed by atoms with E-state index in [4.69, 9.17) is 0 Å². The van der Waals surface area contributed by atoms with Gasteiger partial charge in [0, 0.05) is 18.3 Å². The normalized spacial score (nSPS) is 25.9. The Balaban J connectivity index is 2.06. The van der Waals surface area contributed by atoms with Gasteiger partial charge in [-0.05, 0) is 60.9 Å². The van der Waals surface area contributed by atoms with Gasteiger partial charge in [0.1, 0.15) is 4.60 Å². The third-order valence-corrected chi connectivity index (χ3v) is 5.23. The number of pyridine rings is 1. The van der Waals surface area contributed by atoms with Crippen LogP contribution in [0.25, 0.3) is 0 Å². The fourth-order valence-electron chi connectivity index (χ4n) is 3.25. The number of likely N-dealkylation sites (N-methyl/N-ethyl adjacent to an activating group) is 1. The van der Waals surface area contributed by atoms with Gasteiger partial charge in [-0.1, -0.05) is 19.8 Å². The third-order valence-electron chi connectivity index (χ3n) is 4.60. The van der Waals surface area contributed by atoms with Crippen LogP contribution in [0.15, 0.2) is 22.9 Å². The minimum absolute atomic E-state index is 0.0607. The molecule has 2 rings (SSSR count). The summed E-state index contributed by atoms with van der Waals surface area (Å²) in [4.78, 5) is 18.7. The van der Waals surface area contributed by atoms with Gasteiger partial charge in [-0.3, -0.25) is 4.79 Å². The van der Waals surface area contributed by atoms with Crippen molar-refractivity contribution in [3.63, 3.8) is 0 Å². The van der Waals surface area contributed by atoms with Crippen LogP contribution in [0.4, 0.5) is 0 Å². The second kappa shape index (κ2) is 6.88. The van der Waals surface area contributed by atoms with Crippen LogP contribution in [0.1, 0.15) is 43.0 Å². The highest BCUT2D eigenvalue weighted by Crippen LogP contribution is 2.35. The molecule has 0 aromatic carbocycles. The van der Waals surface area contributed by atoms with Crippen molar-refractivity contribution in [2.45, 2.75) is 38.1 Å². The summed E-state index contributed by atoms with van der Waals surface area (Å²) >= 11 is 3.33. The predicted octanol–water partition coefficient (Wildman–Crippen LogP) is 3.08. The first-order valence-electron chi connectivity index (χ1n) is 7.51. The minimum atomic E-state index is -0.0607. The second-order valence-electron chi connectivity index (χ2n) is 6.34. The number of rotatable bonds is 4. The molecule has 1 aliphatic carbocycles. The Kier molecular flexibility index (Phi) is 5.38. The SMILES string of the molecule is CC1CCCC(CNC(=O)c2cccnc2Br)(N(C)C)C1. The maximum absolute atomic E-state index is 12.4. The summed E-state index contributed by atoms with van der Waals surface area (Å²) in [6, 6.07) is 3.57. The van der Waals surface area contributed by atoms with Gasteiger partial charge in [-0.25, -0.2) is 4.98 Å². The van der Waals surface area contributed by atoms with E-state index >= 15 is 0 Å². The molecule has 1 aliphatic rings. The Morgan fingerprint density at radius 3 is 2.95 bits per heavy atom. The molecule has 0 saturated heterocycles. The molecule has 0 bridgehead atoms. The number of nitrogens with zero attached hydrogens (tertiary/aromatic N) is 2. The highest BCUT2D eigenvalue weighted by Gasteiger charge is 2.37. The molecular weight excluding hydrogens is 330 g/mol. The molecule has 1 aromatic heterocycles. The zero-order valence-corrected chi connectivity index (χ0v) is 14.6. The van der Waals surface area contributed by atoms with Gasteiger partial charge in [-0.15, -0.1) is 0 Å². The molecule has 1 fully saturated rings. The van der Waals surface area contributed by atoms with Crippen molar-refractivity contribution in [1.82, 2.24) is 15.2 Å². The predicted molar refractivity (Wildman–Crippen MR) is 88.3 cm³/mol. The Morgan fingerprint density at radius 2 is 2.33 bits per heavy atom. The number of hydrogen-bond acceptors (Lipinski definition) is 3. The van der Waals surface area contributed by atoms with Crippen molar-refractivity contribution in [3.05, 3.63) is 28.5 Å². The Morgan fingerprint density at radius 1 is 1.57 bits per heavy atom. The molecule has 1 N–H and O–H groups in total. The number of nitrogens with one attached hydrogen (secondary N) is 1. The average Bonchev–Trinajstić information content (AvgIpc) is 2.45. The van der Waals surface area contributed by atoms with E-state index in [2.05, 4.69) is 52.1 Å². The molecule has 0 radical (unpaired) electrons. The number of halogens is 1. The number of hydrogen-bond donors (Lipinski definition) is 1. The van der Waals surface area contributed by atoms with Crippen molar-refractivity contribution < 1.29 is 4.79 Å². The lowest BCUT2D eigenvalue weighted by atomic mass is 9.75. The molecule has 4 nitrogen and oxygen atoms in total. The maximum Gasteiger partial charge on any atom is 0.254 e. The summed E-state index contributed by atoms with van der Waals surface area (Å²) in [5.41, 5.74) is 0.664. The molecule has 0 spiro atoms. The lowest BCUT2D eigenvalue weighted by Crippen LogP contribution is -2.55. The first-order chi connectivity index (χ1) is 9.94. The maximum atomic E-state index is 12.4. The largest absolute Gasteiger partial charge is 0.350 e. The summed E-state index contributed by atoms with van der Waals surface area (Å²) in [7, 11) is 4.23. The van der Waals surface area contributed by atoms with Crippen molar-refractivity contribution in [3.8, 4) is 0 Å². The van der Waals surface area contributed by atoms with Crippen molar-refractivity contribution in [2.75, 3.05) is 20.6 Å². The summed E-state index contributed by atoms with van der Waals surface area (Å²) in [6.07, 6.45) is 6.46. The molecule has 1 heterocycles. The van der Waals surface area contributed by atoms with Crippen LogP contribution < -0.4 is 5.32 Å². The van der Waals surface area contributed by atoms with Crippen LogP contribution in [-0.4, -0.2) is 42.0 Å². The van der Waals surface area contributed by atoms with Crippen molar-refractivity contribution in [1.29, 1.82) is 0 Å². The van der Waals surface area contributed by atoms with Crippen LogP contribution in [0.3, 0.4) is 0 Å². The fourth-order valence-corrected chi connectivity index (χ4v) is 3.68. The van der Waals surface area contributed by atoms with Gasteiger partial charge < -0.3 is 10.2 Å². The van der Waals surface area contributed by atoms with Crippen LogP contribution in [0.5, 0.6) is 0 Å². The van der Waals surface area contributed by atoms with Gasteiger partial charge in [0.15, 0.2) is 0 Å². The lowest BCUT2D eigenvalue weighted by Gasteiger charge is -2.45. The first kappa shape index (κ1) is 16.4. The van der Waals surface area contributed by atoms with Gasteiger partial charge >= 0.3 is 0 Å². The number of carbonyl (C=O) groups is 1. The van der Waals surface area contributed by atoms with Crippen LogP contribution >= 0.6 is 15.9 Å². The van der Waals surface area contributed by atoms with E-state index in [-0.39, 0.29) is 11.4 Å². The summed E-state index contributed by atoms with van der Waals surface area (Å²) in [5.74, 6) is 0.651. The molecule has 1 aromatic rings. The van der Waals surface area contributed by atoms with Gasteiger partial charge in [0.25, 0.3) is 5.91 Å². The molecule has 2 unspecified atom stereocenters. The number of amides is 1. The van der Waals surface area contributed by atoms with E-state index in [1.807, 2.05) is 0 Å². The fraction of sp³-hybridized carbons (Fsp3) is 0.625. The molecule has 5 heteroatoms. The van der Waals surface area contributed by atoms with Gasteiger partial charge in [-0.2, -0.15) is 0 Å². The Hall–Kier alpha value is -0.940. The van der Waals surface area contributed by atoms with E-state index in [1.54, 1.807) is 18.3 Å². The zero-order valence-electron chi connectivity index (χ0n) is 13.0. The second-order valence-corrected chi connectivity index (χ2v) is 7.10. The Labute approximate surface area is 135 Å². The highest BCUT2D eigenvalue weighted by atomic mass is 79.9. The lowest BCUT2D eigenvalue weighted by molar-refractivity contribution is 0.0674. The van der Waals surface area contributed by atoms with Gasteiger partial charge in [0.05, 0.1) is 5.56 Å². The molecule has 1 amide bonds. The number of carbonyl (C=O) groups excluding carboxylic acids is 1. The minimum Gasteiger partial charge on any atom is -0.350 e. The zero-order chi connectivity index (χ0) is 15.5. The van der Waals surface area contributed by atoms with E-state index in [1.165, 1.54) is 12.8 Å². The summed E-state index contributed by atoms with van der Waals surface area (Å²) in [5, 5.41) is 3.10. The summed E-state index contributed by atoms with van der Waals surface area (Å²) in [6.45, 7) is 2.99. The van der Waals surface area contributed by atoms with Gasteiger partial charge in [0.2, 0.25) is 0 Å². The van der Waals surface area contributed by atoms with E-state index in [0.29, 0.717) is 22.6 Å². The Bertz CT molecular complexity index is 506. The quantitative estimate of drug-likeness (QED) is 0.846. The monoisotopic (exact) mass is 353 g/mol. The smallest absolute Gasteiger partial charge is 0.254 e. The molecule has 1 saturated carbocycles. The van der Waals surface area contributed by atoms with Crippen molar-refractivity contribution >= 4 is 21.8 Å².